The van der Waals surface area contributed by atoms with Crippen molar-refractivity contribution in [2.45, 2.75) is 18.9 Å². The topological polar surface area (TPSA) is 60.2 Å². The van der Waals surface area contributed by atoms with E-state index in [0.717, 1.165) is 19.4 Å². The number of nitriles is 1. The first-order valence-corrected chi connectivity index (χ1v) is 5.98. The molecular weight excluding hydrogens is 228 g/mol. The lowest BCUT2D eigenvalue weighted by Crippen LogP contribution is -2.43. The van der Waals surface area contributed by atoms with Crippen molar-refractivity contribution in [2.24, 2.45) is 0 Å². The summed E-state index contributed by atoms with van der Waals surface area (Å²) in [5.41, 5.74) is 0.524. The van der Waals surface area contributed by atoms with Crippen LogP contribution in [0.25, 0.3) is 0 Å². The molecule has 1 fully saturated rings. The molecule has 1 amide bonds. The summed E-state index contributed by atoms with van der Waals surface area (Å²) in [6.07, 6.45) is 3.43. The standard InChI is InChI=1S/C13H16N4O/c1-16(2)13(18)11-6-4-8-17(11)12-10(9-14)5-3-7-15-12/h3,5,7,11H,4,6,8H2,1-2H3. The minimum Gasteiger partial charge on any atom is -0.347 e. The van der Waals surface area contributed by atoms with E-state index in [4.69, 9.17) is 5.26 Å². The first kappa shape index (κ1) is 12.4. The van der Waals surface area contributed by atoms with Crippen molar-refractivity contribution >= 4 is 11.7 Å². The van der Waals surface area contributed by atoms with Crippen molar-refractivity contribution in [1.29, 1.82) is 5.26 Å². The Morgan fingerprint density at radius 1 is 1.61 bits per heavy atom. The summed E-state index contributed by atoms with van der Waals surface area (Å²) in [7, 11) is 3.50. The van der Waals surface area contributed by atoms with Crippen LogP contribution < -0.4 is 4.90 Å². The molecule has 94 valence electrons. The predicted molar refractivity (Wildman–Crippen MR) is 68.0 cm³/mol. The van der Waals surface area contributed by atoms with E-state index in [-0.39, 0.29) is 11.9 Å². The number of likely N-dealkylation sites (N-methyl/N-ethyl adjacent to an activating group) is 1. The molecule has 1 aliphatic heterocycles. The fourth-order valence-electron chi connectivity index (χ4n) is 2.29. The second-order valence-corrected chi connectivity index (χ2v) is 4.57. The smallest absolute Gasteiger partial charge is 0.244 e. The number of rotatable bonds is 2. The third-order valence-electron chi connectivity index (χ3n) is 3.16. The van der Waals surface area contributed by atoms with Crippen LogP contribution in [0.4, 0.5) is 5.82 Å². The van der Waals surface area contributed by atoms with Gasteiger partial charge < -0.3 is 9.80 Å². The third kappa shape index (κ3) is 2.14. The van der Waals surface area contributed by atoms with Crippen LogP contribution in [0.5, 0.6) is 0 Å². The van der Waals surface area contributed by atoms with Crippen LogP contribution in [0.1, 0.15) is 18.4 Å². The molecule has 0 aliphatic carbocycles. The normalized spacial score (nSPS) is 18.5. The zero-order chi connectivity index (χ0) is 13.1. The van der Waals surface area contributed by atoms with Gasteiger partial charge in [0.15, 0.2) is 0 Å². The van der Waals surface area contributed by atoms with Gasteiger partial charge in [0.1, 0.15) is 17.9 Å². The Bertz CT molecular complexity index is 492. The summed E-state index contributed by atoms with van der Waals surface area (Å²) in [5.74, 6) is 0.694. The fourth-order valence-corrected chi connectivity index (χ4v) is 2.29. The van der Waals surface area contributed by atoms with Crippen molar-refractivity contribution in [3.8, 4) is 6.07 Å². The van der Waals surface area contributed by atoms with Crippen molar-refractivity contribution in [3.63, 3.8) is 0 Å². The second kappa shape index (κ2) is 5.05. The molecule has 1 atom stereocenters. The number of aromatic nitrogens is 1. The van der Waals surface area contributed by atoms with Gasteiger partial charge in [-0.2, -0.15) is 5.26 Å². The number of hydrogen-bond donors (Lipinski definition) is 0. The van der Waals surface area contributed by atoms with Crippen LogP contribution in [0, 0.1) is 11.3 Å². The van der Waals surface area contributed by atoms with E-state index in [1.165, 1.54) is 0 Å². The number of pyridine rings is 1. The highest BCUT2D eigenvalue weighted by molar-refractivity contribution is 5.85. The van der Waals surface area contributed by atoms with Crippen LogP contribution in [-0.2, 0) is 4.79 Å². The third-order valence-corrected chi connectivity index (χ3v) is 3.16. The quantitative estimate of drug-likeness (QED) is 0.779. The molecule has 5 heteroatoms. The Hall–Kier alpha value is -2.09. The Morgan fingerprint density at radius 3 is 3.06 bits per heavy atom. The average molecular weight is 244 g/mol. The van der Waals surface area contributed by atoms with Crippen LogP contribution in [-0.4, -0.2) is 42.5 Å². The molecule has 1 aromatic rings. The maximum absolute atomic E-state index is 12.1. The average Bonchev–Trinajstić information content (AvgIpc) is 2.86. The highest BCUT2D eigenvalue weighted by Gasteiger charge is 2.33. The lowest BCUT2D eigenvalue weighted by atomic mass is 10.2. The van der Waals surface area contributed by atoms with Crippen molar-refractivity contribution in [2.75, 3.05) is 25.5 Å². The van der Waals surface area contributed by atoms with Gasteiger partial charge in [0.05, 0.1) is 5.56 Å². The van der Waals surface area contributed by atoms with Crippen molar-refractivity contribution in [3.05, 3.63) is 23.9 Å². The van der Waals surface area contributed by atoms with E-state index in [1.807, 2.05) is 4.90 Å². The highest BCUT2D eigenvalue weighted by atomic mass is 16.2. The number of anilines is 1. The first-order valence-electron chi connectivity index (χ1n) is 5.98. The maximum atomic E-state index is 12.1. The van der Waals surface area contributed by atoms with Crippen LogP contribution in [0.15, 0.2) is 18.3 Å². The van der Waals surface area contributed by atoms with E-state index in [1.54, 1.807) is 37.3 Å². The SMILES string of the molecule is CN(C)C(=O)C1CCCN1c1ncccc1C#N. The van der Waals surface area contributed by atoms with Crippen molar-refractivity contribution in [1.82, 2.24) is 9.88 Å². The van der Waals surface area contributed by atoms with E-state index in [0.29, 0.717) is 11.4 Å². The van der Waals surface area contributed by atoms with Gasteiger partial charge in [0.2, 0.25) is 5.91 Å². The molecule has 2 heterocycles. The van der Waals surface area contributed by atoms with Crippen LogP contribution in [0.2, 0.25) is 0 Å². The number of carbonyl (C=O) groups is 1. The molecule has 0 spiro atoms. The van der Waals surface area contributed by atoms with Crippen LogP contribution >= 0.6 is 0 Å². The van der Waals surface area contributed by atoms with Gasteiger partial charge in [0.25, 0.3) is 0 Å². The largest absolute Gasteiger partial charge is 0.347 e. The summed E-state index contributed by atoms with van der Waals surface area (Å²) >= 11 is 0. The Morgan fingerprint density at radius 2 is 2.39 bits per heavy atom. The molecule has 1 aliphatic rings. The minimum absolute atomic E-state index is 0.0713. The fraction of sp³-hybridized carbons (Fsp3) is 0.462. The zero-order valence-corrected chi connectivity index (χ0v) is 10.6. The summed E-state index contributed by atoms with van der Waals surface area (Å²) in [4.78, 5) is 19.9. The molecular formula is C13H16N4O. The number of nitrogens with zero attached hydrogens (tertiary/aromatic N) is 4. The Balaban J connectivity index is 2.32. The zero-order valence-electron chi connectivity index (χ0n) is 10.6. The van der Waals surface area contributed by atoms with E-state index in [2.05, 4.69) is 11.1 Å². The molecule has 0 saturated carbocycles. The second-order valence-electron chi connectivity index (χ2n) is 4.57. The van der Waals surface area contributed by atoms with Gasteiger partial charge in [-0.1, -0.05) is 0 Å². The molecule has 2 rings (SSSR count). The summed E-state index contributed by atoms with van der Waals surface area (Å²) in [6.45, 7) is 0.774. The van der Waals surface area contributed by atoms with Crippen molar-refractivity contribution < 1.29 is 4.79 Å². The Kier molecular flexibility index (Phi) is 3.47. The van der Waals surface area contributed by atoms with E-state index in [9.17, 15) is 4.79 Å². The minimum atomic E-state index is -0.193. The predicted octanol–water partition coefficient (Wildman–Crippen LogP) is 1.01. The molecule has 18 heavy (non-hydrogen) atoms. The molecule has 0 aromatic carbocycles. The summed E-state index contributed by atoms with van der Waals surface area (Å²) < 4.78 is 0. The molecule has 1 unspecified atom stereocenters. The summed E-state index contributed by atoms with van der Waals surface area (Å²) in [6, 6.07) is 5.41. The van der Waals surface area contributed by atoms with Gasteiger partial charge in [-0.3, -0.25) is 4.79 Å². The molecule has 1 saturated heterocycles. The molecule has 0 bridgehead atoms. The highest BCUT2D eigenvalue weighted by Crippen LogP contribution is 2.27. The molecule has 0 radical (unpaired) electrons. The van der Waals surface area contributed by atoms with Crippen LogP contribution in [0.3, 0.4) is 0 Å². The molecule has 0 N–H and O–H groups in total. The van der Waals surface area contributed by atoms with Gasteiger partial charge in [-0.15, -0.1) is 0 Å². The Labute approximate surface area is 107 Å². The summed E-state index contributed by atoms with van der Waals surface area (Å²) in [5, 5.41) is 9.10. The molecule has 1 aromatic heterocycles. The first-order chi connectivity index (χ1) is 8.65. The lowest BCUT2D eigenvalue weighted by molar-refractivity contribution is -0.129. The monoisotopic (exact) mass is 244 g/mol. The lowest BCUT2D eigenvalue weighted by Gasteiger charge is -2.27. The maximum Gasteiger partial charge on any atom is 0.244 e. The van der Waals surface area contributed by atoms with Gasteiger partial charge in [-0.25, -0.2) is 4.98 Å². The molecule has 5 nitrogen and oxygen atoms in total. The van der Waals surface area contributed by atoms with Gasteiger partial charge in [0, 0.05) is 26.8 Å². The number of amides is 1. The van der Waals surface area contributed by atoms with Gasteiger partial charge >= 0.3 is 0 Å². The van der Waals surface area contributed by atoms with E-state index >= 15 is 0 Å². The van der Waals surface area contributed by atoms with E-state index < -0.39 is 0 Å². The number of carbonyl (C=O) groups excluding carboxylic acids is 1. The van der Waals surface area contributed by atoms with Gasteiger partial charge in [-0.05, 0) is 25.0 Å². The number of hydrogen-bond acceptors (Lipinski definition) is 4.